The number of ether oxygens (including phenoxy) is 2. The minimum absolute atomic E-state index is 0.115. The predicted molar refractivity (Wildman–Crippen MR) is 72.2 cm³/mol. The number of rotatable bonds is 4. The van der Waals surface area contributed by atoms with Gasteiger partial charge in [-0.05, 0) is 18.1 Å². The number of hydrogen-bond donors (Lipinski definition) is 2. The summed E-state index contributed by atoms with van der Waals surface area (Å²) in [6.45, 7) is 4.66. The van der Waals surface area contributed by atoms with E-state index in [-0.39, 0.29) is 17.9 Å². The van der Waals surface area contributed by atoms with Crippen LogP contribution in [0.15, 0.2) is 24.3 Å². The number of hydrogen-bond acceptors (Lipinski definition) is 4. The van der Waals surface area contributed by atoms with Gasteiger partial charge in [0.2, 0.25) is 5.91 Å². The average Bonchev–Trinajstić information content (AvgIpc) is 2.43. The van der Waals surface area contributed by atoms with Crippen molar-refractivity contribution >= 4 is 5.91 Å². The highest BCUT2D eigenvalue weighted by molar-refractivity contribution is 5.81. The molecule has 19 heavy (non-hydrogen) atoms. The fraction of sp³-hybridized carbons (Fsp3) is 0.500. The summed E-state index contributed by atoms with van der Waals surface area (Å²) in [7, 11) is 0. The first kappa shape index (κ1) is 13.7. The van der Waals surface area contributed by atoms with Gasteiger partial charge in [0, 0.05) is 0 Å². The number of para-hydroxylation sites is 2. The van der Waals surface area contributed by atoms with Gasteiger partial charge in [0.05, 0.1) is 12.6 Å². The van der Waals surface area contributed by atoms with Crippen LogP contribution in [0, 0.1) is 5.92 Å². The molecule has 1 amide bonds. The normalized spacial score (nSPS) is 19.1. The third kappa shape index (κ3) is 3.38. The van der Waals surface area contributed by atoms with E-state index in [4.69, 9.17) is 15.2 Å². The highest BCUT2D eigenvalue weighted by Gasteiger charge is 2.23. The molecular formula is C14H20N2O3. The largest absolute Gasteiger partial charge is 0.486 e. The molecule has 2 atom stereocenters. The second kappa shape index (κ2) is 5.93. The van der Waals surface area contributed by atoms with Crippen LogP contribution in [0.3, 0.4) is 0 Å². The molecule has 0 saturated carbocycles. The number of carbonyl (C=O) groups excluding carboxylic acids is 1. The molecule has 5 heteroatoms. The van der Waals surface area contributed by atoms with E-state index in [0.29, 0.717) is 18.9 Å². The van der Waals surface area contributed by atoms with Gasteiger partial charge in [-0.3, -0.25) is 4.79 Å². The van der Waals surface area contributed by atoms with Crippen molar-refractivity contribution in [2.45, 2.75) is 26.0 Å². The Kier molecular flexibility index (Phi) is 4.27. The maximum Gasteiger partial charge on any atom is 0.237 e. The summed E-state index contributed by atoms with van der Waals surface area (Å²) in [5, 5.41) is 2.80. The second-order valence-electron chi connectivity index (χ2n) is 5.01. The number of carbonyl (C=O) groups is 1. The zero-order valence-corrected chi connectivity index (χ0v) is 11.3. The molecule has 1 aromatic carbocycles. The van der Waals surface area contributed by atoms with Crippen LogP contribution in [0.5, 0.6) is 11.5 Å². The standard InChI is InChI=1S/C14H20N2O3/c1-9(2)13(15)14(17)16-7-10-8-18-11-5-3-4-6-12(11)19-10/h3-6,9-10,13H,7-8,15H2,1-2H3,(H,16,17)/t10-,13-/m0/s1. The molecule has 0 bridgehead atoms. The zero-order valence-electron chi connectivity index (χ0n) is 11.3. The molecule has 0 aromatic heterocycles. The van der Waals surface area contributed by atoms with Crippen LogP contribution in [0.1, 0.15) is 13.8 Å². The van der Waals surface area contributed by atoms with Crippen LogP contribution in [0.25, 0.3) is 0 Å². The van der Waals surface area contributed by atoms with Crippen LogP contribution in [0.4, 0.5) is 0 Å². The molecule has 5 nitrogen and oxygen atoms in total. The molecular weight excluding hydrogens is 244 g/mol. The van der Waals surface area contributed by atoms with E-state index < -0.39 is 6.04 Å². The number of benzene rings is 1. The average molecular weight is 264 g/mol. The molecule has 0 unspecified atom stereocenters. The Labute approximate surface area is 113 Å². The van der Waals surface area contributed by atoms with Crippen LogP contribution >= 0.6 is 0 Å². The van der Waals surface area contributed by atoms with E-state index in [2.05, 4.69) is 5.32 Å². The van der Waals surface area contributed by atoms with E-state index in [1.165, 1.54) is 0 Å². The van der Waals surface area contributed by atoms with E-state index in [1.54, 1.807) is 0 Å². The minimum Gasteiger partial charge on any atom is -0.486 e. The summed E-state index contributed by atoms with van der Waals surface area (Å²) >= 11 is 0. The van der Waals surface area contributed by atoms with Gasteiger partial charge in [-0.1, -0.05) is 26.0 Å². The van der Waals surface area contributed by atoms with Gasteiger partial charge in [-0.15, -0.1) is 0 Å². The van der Waals surface area contributed by atoms with Crippen molar-refractivity contribution in [3.8, 4) is 11.5 Å². The van der Waals surface area contributed by atoms with Crippen molar-refractivity contribution in [2.24, 2.45) is 11.7 Å². The Hall–Kier alpha value is -1.75. The van der Waals surface area contributed by atoms with Crippen LogP contribution in [0.2, 0.25) is 0 Å². The zero-order chi connectivity index (χ0) is 13.8. The molecule has 1 aliphatic heterocycles. The molecule has 1 heterocycles. The highest BCUT2D eigenvalue weighted by atomic mass is 16.6. The van der Waals surface area contributed by atoms with E-state index in [1.807, 2.05) is 38.1 Å². The molecule has 2 rings (SSSR count). The first-order valence-corrected chi connectivity index (χ1v) is 6.49. The molecule has 0 fully saturated rings. The maximum absolute atomic E-state index is 11.7. The first-order chi connectivity index (χ1) is 9.08. The molecule has 3 N–H and O–H groups in total. The summed E-state index contributed by atoms with van der Waals surface area (Å²) < 4.78 is 11.3. The first-order valence-electron chi connectivity index (χ1n) is 6.49. The summed E-state index contributed by atoms with van der Waals surface area (Å²) in [6, 6.07) is 7.00. The number of fused-ring (bicyclic) bond motifs is 1. The molecule has 1 aliphatic rings. The van der Waals surface area contributed by atoms with Gasteiger partial charge in [0.15, 0.2) is 11.5 Å². The number of nitrogens with two attached hydrogens (primary N) is 1. The molecule has 0 radical (unpaired) electrons. The predicted octanol–water partition coefficient (Wildman–Crippen LogP) is 0.926. The molecule has 0 aliphatic carbocycles. The SMILES string of the molecule is CC(C)[C@H](N)C(=O)NC[C@H]1COc2ccccc2O1. The number of amides is 1. The quantitative estimate of drug-likeness (QED) is 0.848. The lowest BCUT2D eigenvalue weighted by Gasteiger charge is -2.27. The summed E-state index contributed by atoms with van der Waals surface area (Å²) in [5.41, 5.74) is 5.77. The lowest BCUT2D eigenvalue weighted by Crippen LogP contribution is -2.48. The highest BCUT2D eigenvalue weighted by Crippen LogP contribution is 2.30. The Morgan fingerprint density at radius 3 is 2.79 bits per heavy atom. The van der Waals surface area contributed by atoms with Crippen molar-refractivity contribution in [1.82, 2.24) is 5.32 Å². The van der Waals surface area contributed by atoms with Gasteiger partial charge >= 0.3 is 0 Å². The third-order valence-electron chi connectivity index (χ3n) is 3.09. The molecule has 1 aromatic rings. The van der Waals surface area contributed by atoms with Gasteiger partial charge in [0.1, 0.15) is 12.7 Å². The smallest absolute Gasteiger partial charge is 0.237 e. The van der Waals surface area contributed by atoms with Gasteiger partial charge < -0.3 is 20.5 Å². The molecule has 104 valence electrons. The van der Waals surface area contributed by atoms with Crippen molar-refractivity contribution in [1.29, 1.82) is 0 Å². The lowest BCUT2D eigenvalue weighted by molar-refractivity contribution is -0.123. The monoisotopic (exact) mass is 264 g/mol. The maximum atomic E-state index is 11.7. The number of nitrogens with one attached hydrogen (secondary N) is 1. The van der Waals surface area contributed by atoms with Crippen molar-refractivity contribution < 1.29 is 14.3 Å². The Bertz CT molecular complexity index is 448. The molecule has 0 saturated heterocycles. The van der Waals surface area contributed by atoms with Crippen molar-refractivity contribution in [2.75, 3.05) is 13.2 Å². The van der Waals surface area contributed by atoms with Gasteiger partial charge in [-0.25, -0.2) is 0 Å². The third-order valence-corrected chi connectivity index (χ3v) is 3.09. The topological polar surface area (TPSA) is 73.6 Å². The minimum atomic E-state index is -0.489. The Morgan fingerprint density at radius 2 is 2.11 bits per heavy atom. The van der Waals surface area contributed by atoms with Crippen LogP contribution < -0.4 is 20.5 Å². The Balaban J connectivity index is 1.84. The summed E-state index contributed by atoms with van der Waals surface area (Å²) in [5.74, 6) is 1.41. The van der Waals surface area contributed by atoms with E-state index >= 15 is 0 Å². The van der Waals surface area contributed by atoms with Crippen LogP contribution in [-0.2, 0) is 4.79 Å². The fourth-order valence-electron chi connectivity index (χ4n) is 1.80. The van der Waals surface area contributed by atoms with Crippen LogP contribution in [-0.4, -0.2) is 31.2 Å². The van der Waals surface area contributed by atoms with E-state index in [0.717, 1.165) is 5.75 Å². The summed E-state index contributed by atoms with van der Waals surface area (Å²) in [6.07, 6.45) is -0.182. The van der Waals surface area contributed by atoms with Crippen molar-refractivity contribution in [3.63, 3.8) is 0 Å². The van der Waals surface area contributed by atoms with Gasteiger partial charge in [-0.2, -0.15) is 0 Å². The lowest BCUT2D eigenvalue weighted by atomic mass is 10.1. The second-order valence-corrected chi connectivity index (χ2v) is 5.01. The Morgan fingerprint density at radius 1 is 1.42 bits per heavy atom. The fourth-order valence-corrected chi connectivity index (χ4v) is 1.80. The van der Waals surface area contributed by atoms with Crippen molar-refractivity contribution in [3.05, 3.63) is 24.3 Å². The molecule has 0 spiro atoms. The van der Waals surface area contributed by atoms with Gasteiger partial charge in [0.25, 0.3) is 0 Å². The van der Waals surface area contributed by atoms with E-state index in [9.17, 15) is 4.79 Å². The summed E-state index contributed by atoms with van der Waals surface area (Å²) in [4.78, 5) is 11.7.